The van der Waals surface area contributed by atoms with Gasteiger partial charge in [0.2, 0.25) is 0 Å². The van der Waals surface area contributed by atoms with Crippen LogP contribution in [0.4, 0.5) is 0 Å². The molecule has 0 aromatic carbocycles. The highest BCUT2D eigenvalue weighted by atomic mass is 32.0. The average molecular weight is 166 g/mol. The maximum absolute atomic E-state index is 4.89. The summed E-state index contributed by atoms with van der Waals surface area (Å²) in [6.45, 7) is 0.789. The molecule has 4 heteroatoms. The van der Waals surface area contributed by atoms with E-state index in [0.29, 0.717) is 8.50 Å². The van der Waals surface area contributed by atoms with Crippen molar-refractivity contribution < 1.29 is 9.56 Å². The molecule has 0 saturated carbocycles. The minimum Gasteiger partial charge on any atom is -0.233 e. The molecule has 9 heavy (non-hydrogen) atoms. The summed E-state index contributed by atoms with van der Waals surface area (Å²) in [5.41, 5.74) is 0. The van der Waals surface area contributed by atoms with Crippen LogP contribution in [-0.2, 0) is 9.56 Å². The van der Waals surface area contributed by atoms with E-state index < -0.39 is 0 Å². The molecule has 1 aliphatic rings. The van der Waals surface area contributed by atoms with Gasteiger partial charge in [-0.2, -0.15) is 0 Å². The fraction of sp³-hybridized carbons (Fsp3) is 1.00. The lowest BCUT2D eigenvalue weighted by molar-refractivity contribution is -0.194. The third-order valence-corrected chi connectivity index (χ3v) is 3.58. The minimum absolute atomic E-state index is 0.591. The van der Waals surface area contributed by atoms with Crippen LogP contribution in [-0.4, -0.2) is 12.8 Å². The van der Waals surface area contributed by atoms with Crippen LogP contribution in [0.25, 0.3) is 0 Å². The average Bonchev–Trinajstić information content (AvgIpc) is 2.00. The molecule has 2 atom stereocenters. The van der Waals surface area contributed by atoms with E-state index in [2.05, 4.69) is 0 Å². The number of rotatable bonds is 0. The second-order valence-electron chi connectivity index (χ2n) is 1.99. The summed E-state index contributed by atoms with van der Waals surface area (Å²) in [5, 5.41) is 0. The fourth-order valence-electron chi connectivity index (χ4n) is 0.703. The van der Waals surface area contributed by atoms with Gasteiger partial charge in [-0.05, 0) is 19.0 Å². The maximum Gasteiger partial charge on any atom is 0.0825 e. The molecule has 1 fully saturated rings. The van der Waals surface area contributed by atoms with Crippen molar-refractivity contribution in [1.29, 1.82) is 0 Å². The van der Waals surface area contributed by atoms with Gasteiger partial charge < -0.3 is 0 Å². The summed E-state index contributed by atoms with van der Waals surface area (Å²) < 4.78 is 4.89. The number of hydrogen-bond donors (Lipinski definition) is 0. The Morgan fingerprint density at radius 2 is 2.11 bits per heavy atom. The van der Waals surface area contributed by atoms with Crippen molar-refractivity contribution in [2.24, 2.45) is 0 Å². The van der Waals surface area contributed by atoms with Crippen LogP contribution >= 0.6 is 16.8 Å². The molecule has 1 saturated heterocycles. The van der Waals surface area contributed by atoms with Crippen LogP contribution < -0.4 is 0 Å². The first kappa shape index (κ1) is 7.88. The Morgan fingerprint density at radius 1 is 1.11 bits per heavy atom. The summed E-state index contributed by atoms with van der Waals surface area (Å²) in [6.07, 6.45) is 5.16. The quantitative estimate of drug-likeness (QED) is 0.406. The Morgan fingerprint density at radius 3 is 3.11 bits per heavy atom. The Balaban J connectivity index is 2.02. The molecule has 1 rings (SSSR count). The first-order valence-electron chi connectivity index (χ1n) is 3.26. The van der Waals surface area contributed by atoms with Gasteiger partial charge in [-0.25, -0.2) is 9.56 Å². The highest BCUT2D eigenvalue weighted by molar-refractivity contribution is 8.09. The molecular formula is C5H12O2P2. The van der Waals surface area contributed by atoms with Gasteiger partial charge >= 0.3 is 0 Å². The Bertz CT molecular complexity index is 41.4. The summed E-state index contributed by atoms with van der Waals surface area (Å²) in [4.78, 5) is 4.87. The van der Waals surface area contributed by atoms with Crippen LogP contribution in [0.2, 0.25) is 0 Å². The highest BCUT2D eigenvalue weighted by Gasteiger charge is 1.96. The molecule has 0 aromatic heterocycles. The van der Waals surface area contributed by atoms with Crippen LogP contribution in [0.5, 0.6) is 0 Å². The maximum atomic E-state index is 4.89. The van der Waals surface area contributed by atoms with Crippen molar-refractivity contribution in [3.05, 3.63) is 0 Å². The van der Waals surface area contributed by atoms with Gasteiger partial charge in [0.15, 0.2) is 0 Å². The summed E-state index contributed by atoms with van der Waals surface area (Å²) >= 11 is 0. The van der Waals surface area contributed by atoms with Crippen LogP contribution in [0.15, 0.2) is 0 Å². The molecule has 0 bridgehead atoms. The Hall–Kier alpha value is 0.780. The van der Waals surface area contributed by atoms with E-state index in [1.807, 2.05) is 0 Å². The molecule has 54 valence electrons. The SMILES string of the molecule is C1CCOOPPCC1. The monoisotopic (exact) mass is 166 g/mol. The predicted molar refractivity (Wildman–Crippen MR) is 42.4 cm³/mol. The summed E-state index contributed by atoms with van der Waals surface area (Å²) in [7, 11) is 1.56. The van der Waals surface area contributed by atoms with E-state index in [4.69, 9.17) is 9.56 Å². The zero-order valence-electron chi connectivity index (χ0n) is 5.35. The van der Waals surface area contributed by atoms with Gasteiger partial charge in [0, 0.05) is 0 Å². The first-order valence-corrected chi connectivity index (χ1v) is 6.38. The van der Waals surface area contributed by atoms with Crippen LogP contribution in [0.1, 0.15) is 19.3 Å². The zero-order valence-corrected chi connectivity index (χ0v) is 7.35. The largest absolute Gasteiger partial charge is 0.233 e. The normalized spacial score (nSPS) is 29.3. The van der Waals surface area contributed by atoms with Crippen molar-refractivity contribution in [1.82, 2.24) is 0 Å². The van der Waals surface area contributed by atoms with Gasteiger partial charge in [-0.3, -0.25) is 0 Å². The van der Waals surface area contributed by atoms with Gasteiger partial charge in [0.1, 0.15) is 0 Å². The van der Waals surface area contributed by atoms with Crippen molar-refractivity contribution in [2.75, 3.05) is 12.8 Å². The van der Waals surface area contributed by atoms with Gasteiger partial charge in [-0.1, -0.05) is 14.7 Å². The third kappa shape index (κ3) is 4.22. The Labute approximate surface area is 59.2 Å². The van der Waals surface area contributed by atoms with Crippen LogP contribution in [0.3, 0.4) is 0 Å². The first-order chi connectivity index (χ1) is 4.50. The third-order valence-electron chi connectivity index (χ3n) is 1.20. The molecular weight excluding hydrogens is 154 g/mol. The second-order valence-corrected chi connectivity index (χ2v) is 4.89. The summed E-state index contributed by atoms with van der Waals surface area (Å²) in [6, 6.07) is 0. The van der Waals surface area contributed by atoms with Crippen molar-refractivity contribution in [2.45, 2.75) is 19.3 Å². The Kier molecular flexibility index (Phi) is 4.87. The molecule has 0 aliphatic carbocycles. The van der Waals surface area contributed by atoms with Crippen molar-refractivity contribution in [3.8, 4) is 0 Å². The molecule has 0 radical (unpaired) electrons. The lowest BCUT2D eigenvalue weighted by Crippen LogP contribution is -1.88. The second kappa shape index (κ2) is 5.56. The number of hydrogen-bond acceptors (Lipinski definition) is 2. The molecule has 0 amide bonds. The summed E-state index contributed by atoms with van der Waals surface area (Å²) in [5.74, 6) is 0. The molecule has 1 heterocycles. The minimum atomic E-state index is 0.591. The van der Waals surface area contributed by atoms with Gasteiger partial charge in [0.25, 0.3) is 0 Å². The van der Waals surface area contributed by atoms with Crippen LogP contribution in [0, 0.1) is 0 Å². The standard InChI is InChI=1S/C5H12O2P2/c1-2-4-6-7-9-8-5-3-1/h8-9H,1-5H2. The molecule has 0 spiro atoms. The molecule has 1 aliphatic heterocycles. The fourth-order valence-corrected chi connectivity index (χ4v) is 2.62. The van der Waals surface area contributed by atoms with Crippen molar-refractivity contribution >= 4 is 16.8 Å². The predicted octanol–water partition coefficient (Wildman–Crippen LogP) is 2.31. The molecule has 0 aromatic rings. The van der Waals surface area contributed by atoms with Gasteiger partial charge in [-0.15, -0.1) is 0 Å². The van der Waals surface area contributed by atoms with E-state index in [9.17, 15) is 0 Å². The molecule has 2 unspecified atom stereocenters. The van der Waals surface area contributed by atoms with E-state index in [1.165, 1.54) is 19.0 Å². The smallest absolute Gasteiger partial charge is 0.0825 e. The van der Waals surface area contributed by atoms with E-state index in [-0.39, 0.29) is 0 Å². The highest BCUT2D eigenvalue weighted by Crippen LogP contribution is 2.39. The molecule has 2 nitrogen and oxygen atoms in total. The molecule has 0 N–H and O–H groups in total. The zero-order chi connectivity index (χ0) is 6.36. The van der Waals surface area contributed by atoms with E-state index >= 15 is 0 Å². The van der Waals surface area contributed by atoms with E-state index in [1.54, 1.807) is 0 Å². The lowest BCUT2D eigenvalue weighted by atomic mass is 10.3. The topological polar surface area (TPSA) is 18.5 Å². The van der Waals surface area contributed by atoms with E-state index in [0.717, 1.165) is 21.3 Å². The van der Waals surface area contributed by atoms with Crippen molar-refractivity contribution in [3.63, 3.8) is 0 Å². The van der Waals surface area contributed by atoms with Gasteiger partial charge in [0.05, 0.1) is 15.1 Å². The lowest BCUT2D eigenvalue weighted by Gasteiger charge is -1.97.